The van der Waals surface area contributed by atoms with E-state index in [9.17, 15) is 5.11 Å². The van der Waals surface area contributed by atoms with Gasteiger partial charge in [-0.15, -0.1) is 0 Å². The summed E-state index contributed by atoms with van der Waals surface area (Å²) in [6.45, 7) is 3.77. The minimum absolute atomic E-state index is 0.285. The molecular formula is C16H25NO. The summed E-state index contributed by atoms with van der Waals surface area (Å²) in [5, 5.41) is 10.0. The SMILES string of the molecule is OC(CCCCN1CCCCC1)c1ccccc1. The van der Waals surface area contributed by atoms with Gasteiger partial charge in [0.25, 0.3) is 0 Å². The van der Waals surface area contributed by atoms with Gasteiger partial charge in [0, 0.05) is 0 Å². The molecular weight excluding hydrogens is 222 g/mol. The van der Waals surface area contributed by atoms with Gasteiger partial charge >= 0.3 is 0 Å². The molecule has 2 heteroatoms. The summed E-state index contributed by atoms with van der Waals surface area (Å²) in [6, 6.07) is 10.00. The Bertz CT molecular complexity index is 319. The first kappa shape index (κ1) is 13.6. The highest BCUT2D eigenvalue weighted by Gasteiger charge is 2.10. The van der Waals surface area contributed by atoms with E-state index < -0.39 is 0 Å². The molecule has 1 heterocycles. The monoisotopic (exact) mass is 247 g/mol. The summed E-state index contributed by atoms with van der Waals surface area (Å²) in [5.74, 6) is 0. The van der Waals surface area contributed by atoms with Crippen molar-refractivity contribution in [1.82, 2.24) is 4.90 Å². The number of rotatable bonds is 6. The van der Waals surface area contributed by atoms with Crippen LogP contribution in [0.5, 0.6) is 0 Å². The Balaban J connectivity index is 1.60. The fourth-order valence-electron chi connectivity index (χ4n) is 2.70. The molecule has 1 aliphatic rings. The Labute approximate surface area is 111 Å². The molecule has 1 aliphatic heterocycles. The number of nitrogens with zero attached hydrogens (tertiary/aromatic N) is 1. The maximum Gasteiger partial charge on any atom is 0.0790 e. The fraction of sp³-hybridized carbons (Fsp3) is 0.625. The van der Waals surface area contributed by atoms with Crippen molar-refractivity contribution in [3.8, 4) is 0 Å². The molecule has 1 saturated heterocycles. The van der Waals surface area contributed by atoms with Crippen LogP contribution in [0.4, 0.5) is 0 Å². The minimum Gasteiger partial charge on any atom is -0.388 e. The van der Waals surface area contributed by atoms with Crippen molar-refractivity contribution in [3.63, 3.8) is 0 Å². The molecule has 1 atom stereocenters. The quantitative estimate of drug-likeness (QED) is 0.779. The molecule has 100 valence electrons. The second-order valence-electron chi connectivity index (χ2n) is 5.32. The van der Waals surface area contributed by atoms with Crippen molar-refractivity contribution >= 4 is 0 Å². The van der Waals surface area contributed by atoms with E-state index in [1.54, 1.807) is 0 Å². The Morgan fingerprint density at radius 2 is 1.72 bits per heavy atom. The van der Waals surface area contributed by atoms with Crippen LogP contribution < -0.4 is 0 Å². The lowest BCUT2D eigenvalue weighted by atomic mass is 10.0. The summed E-state index contributed by atoms with van der Waals surface area (Å²) in [4.78, 5) is 2.57. The standard InChI is InChI=1S/C16H25NO/c18-16(15-9-3-1-4-10-15)11-5-8-14-17-12-6-2-7-13-17/h1,3-4,9-10,16,18H,2,5-8,11-14H2. The third-order valence-electron chi connectivity index (χ3n) is 3.83. The maximum atomic E-state index is 10.0. The molecule has 0 radical (unpaired) electrons. The van der Waals surface area contributed by atoms with Gasteiger partial charge < -0.3 is 10.0 Å². The van der Waals surface area contributed by atoms with E-state index in [0.29, 0.717) is 0 Å². The van der Waals surface area contributed by atoms with Crippen LogP contribution in [0.3, 0.4) is 0 Å². The molecule has 2 rings (SSSR count). The summed E-state index contributed by atoms with van der Waals surface area (Å²) >= 11 is 0. The first-order valence-electron chi connectivity index (χ1n) is 7.31. The first-order chi connectivity index (χ1) is 8.86. The van der Waals surface area contributed by atoms with Gasteiger partial charge in [-0.1, -0.05) is 36.8 Å². The van der Waals surface area contributed by atoms with E-state index in [0.717, 1.165) is 18.4 Å². The molecule has 0 saturated carbocycles. The third kappa shape index (κ3) is 4.43. The zero-order valence-corrected chi connectivity index (χ0v) is 11.2. The van der Waals surface area contributed by atoms with Crippen LogP contribution in [-0.2, 0) is 0 Å². The Hall–Kier alpha value is -0.860. The molecule has 1 N–H and O–H groups in total. The van der Waals surface area contributed by atoms with E-state index in [1.807, 2.05) is 30.3 Å². The van der Waals surface area contributed by atoms with E-state index in [1.165, 1.54) is 45.3 Å². The molecule has 18 heavy (non-hydrogen) atoms. The summed E-state index contributed by atoms with van der Waals surface area (Å²) in [5.41, 5.74) is 1.05. The average molecular weight is 247 g/mol. The molecule has 0 amide bonds. The smallest absolute Gasteiger partial charge is 0.0790 e. The van der Waals surface area contributed by atoms with Crippen LogP contribution in [0.2, 0.25) is 0 Å². The number of aliphatic hydroxyl groups is 1. The number of piperidine rings is 1. The second kappa shape index (κ2) is 7.55. The zero-order chi connectivity index (χ0) is 12.6. The van der Waals surface area contributed by atoms with Crippen LogP contribution in [0.25, 0.3) is 0 Å². The van der Waals surface area contributed by atoms with Gasteiger partial charge in [0.05, 0.1) is 6.10 Å². The highest BCUT2D eigenvalue weighted by atomic mass is 16.3. The van der Waals surface area contributed by atoms with Crippen LogP contribution in [0.1, 0.15) is 50.2 Å². The first-order valence-corrected chi connectivity index (χ1v) is 7.31. The zero-order valence-electron chi connectivity index (χ0n) is 11.2. The lowest BCUT2D eigenvalue weighted by Crippen LogP contribution is -2.30. The van der Waals surface area contributed by atoms with Crippen molar-refractivity contribution in [2.75, 3.05) is 19.6 Å². The fourth-order valence-corrected chi connectivity index (χ4v) is 2.70. The van der Waals surface area contributed by atoms with Crippen LogP contribution in [0.15, 0.2) is 30.3 Å². The number of aliphatic hydroxyl groups excluding tert-OH is 1. The van der Waals surface area contributed by atoms with Gasteiger partial charge in [-0.25, -0.2) is 0 Å². The predicted octanol–water partition coefficient (Wildman–Crippen LogP) is 3.38. The molecule has 1 aromatic rings. The lowest BCUT2D eigenvalue weighted by Gasteiger charge is -2.26. The van der Waals surface area contributed by atoms with Gasteiger partial charge in [0.15, 0.2) is 0 Å². The number of hydrogen-bond acceptors (Lipinski definition) is 2. The van der Waals surface area contributed by atoms with Gasteiger partial charge in [-0.05, 0) is 57.3 Å². The molecule has 0 aromatic heterocycles. The van der Waals surface area contributed by atoms with Crippen molar-refractivity contribution in [2.45, 2.75) is 44.6 Å². The second-order valence-corrected chi connectivity index (χ2v) is 5.32. The van der Waals surface area contributed by atoms with Gasteiger partial charge in [0.1, 0.15) is 0 Å². The number of benzene rings is 1. The van der Waals surface area contributed by atoms with Gasteiger partial charge in [-0.3, -0.25) is 0 Å². The van der Waals surface area contributed by atoms with Crippen molar-refractivity contribution in [2.24, 2.45) is 0 Å². The molecule has 1 fully saturated rings. The van der Waals surface area contributed by atoms with E-state index >= 15 is 0 Å². The van der Waals surface area contributed by atoms with Crippen LogP contribution >= 0.6 is 0 Å². The van der Waals surface area contributed by atoms with E-state index in [4.69, 9.17) is 0 Å². The van der Waals surface area contributed by atoms with E-state index in [-0.39, 0.29) is 6.10 Å². The topological polar surface area (TPSA) is 23.5 Å². The van der Waals surface area contributed by atoms with Crippen LogP contribution in [-0.4, -0.2) is 29.6 Å². The number of hydrogen-bond donors (Lipinski definition) is 1. The Morgan fingerprint density at radius 3 is 2.44 bits per heavy atom. The van der Waals surface area contributed by atoms with Crippen molar-refractivity contribution in [3.05, 3.63) is 35.9 Å². The largest absolute Gasteiger partial charge is 0.388 e. The highest BCUT2D eigenvalue weighted by molar-refractivity contribution is 5.16. The summed E-state index contributed by atoms with van der Waals surface area (Å²) < 4.78 is 0. The highest BCUT2D eigenvalue weighted by Crippen LogP contribution is 2.19. The third-order valence-corrected chi connectivity index (χ3v) is 3.83. The van der Waals surface area contributed by atoms with Gasteiger partial charge in [0.2, 0.25) is 0 Å². The summed E-state index contributed by atoms with van der Waals surface area (Å²) in [7, 11) is 0. The Morgan fingerprint density at radius 1 is 1.00 bits per heavy atom. The van der Waals surface area contributed by atoms with Crippen LogP contribution in [0, 0.1) is 0 Å². The van der Waals surface area contributed by atoms with Gasteiger partial charge in [-0.2, -0.15) is 0 Å². The molecule has 1 aromatic carbocycles. The number of likely N-dealkylation sites (tertiary alicyclic amines) is 1. The number of unbranched alkanes of at least 4 members (excludes halogenated alkanes) is 1. The molecule has 2 nitrogen and oxygen atoms in total. The van der Waals surface area contributed by atoms with Crippen molar-refractivity contribution in [1.29, 1.82) is 0 Å². The normalized spacial score (nSPS) is 18.7. The summed E-state index contributed by atoms with van der Waals surface area (Å²) in [6.07, 6.45) is 7.07. The molecule has 0 aliphatic carbocycles. The maximum absolute atomic E-state index is 10.0. The lowest BCUT2D eigenvalue weighted by molar-refractivity contribution is 0.158. The molecule has 1 unspecified atom stereocenters. The molecule has 0 spiro atoms. The van der Waals surface area contributed by atoms with Crippen molar-refractivity contribution < 1.29 is 5.11 Å². The molecule has 0 bridgehead atoms. The Kier molecular flexibility index (Phi) is 5.69. The minimum atomic E-state index is -0.285. The van der Waals surface area contributed by atoms with E-state index in [2.05, 4.69) is 4.90 Å². The predicted molar refractivity (Wildman–Crippen MR) is 75.5 cm³/mol. The average Bonchev–Trinajstić information content (AvgIpc) is 2.45.